The molecule has 0 saturated heterocycles. The Labute approximate surface area is 126 Å². The van der Waals surface area contributed by atoms with Crippen molar-refractivity contribution in [3.8, 4) is 0 Å². The number of aryl methyl sites for hydroxylation is 2. The highest BCUT2D eigenvalue weighted by atomic mass is 79.9. The fraction of sp³-hybridized carbons (Fsp3) is 0.625. The Balaban J connectivity index is 2.59. The van der Waals surface area contributed by atoms with Gasteiger partial charge < -0.3 is 4.74 Å². The van der Waals surface area contributed by atoms with Crippen LogP contribution in [-0.4, -0.2) is 36.0 Å². The first kappa shape index (κ1) is 16.7. The summed E-state index contributed by atoms with van der Waals surface area (Å²) in [6.45, 7) is 12.4. The number of ether oxygens (including phenoxy) is 1. The predicted octanol–water partition coefficient (Wildman–Crippen LogP) is 3.93. The zero-order chi connectivity index (χ0) is 14.3. The first-order chi connectivity index (χ1) is 9.04. The summed E-state index contributed by atoms with van der Waals surface area (Å²) in [4.78, 5) is 2.47. The molecule has 0 fully saturated rings. The van der Waals surface area contributed by atoms with E-state index in [1.54, 1.807) is 0 Å². The summed E-state index contributed by atoms with van der Waals surface area (Å²) >= 11 is 3.38. The first-order valence-corrected chi connectivity index (χ1v) is 8.10. The van der Waals surface area contributed by atoms with Gasteiger partial charge in [0.15, 0.2) is 0 Å². The minimum Gasteiger partial charge on any atom is -0.379 e. The van der Waals surface area contributed by atoms with E-state index in [-0.39, 0.29) is 0 Å². The summed E-state index contributed by atoms with van der Waals surface area (Å²) in [7, 11) is 0. The molecular weight excluding hydrogens is 302 g/mol. The Morgan fingerprint density at radius 3 is 2.58 bits per heavy atom. The molecule has 0 bridgehead atoms. The van der Waals surface area contributed by atoms with Crippen molar-refractivity contribution in [2.45, 2.75) is 40.3 Å². The summed E-state index contributed by atoms with van der Waals surface area (Å²) in [5.41, 5.74) is 4.13. The van der Waals surface area contributed by atoms with Crippen LogP contribution in [0.1, 0.15) is 30.5 Å². The first-order valence-electron chi connectivity index (χ1n) is 6.98. The van der Waals surface area contributed by atoms with Crippen LogP contribution in [0.2, 0.25) is 0 Å². The van der Waals surface area contributed by atoms with E-state index in [2.05, 4.69) is 66.7 Å². The molecule has 0 aliphatic heterocycles. The van der Waals surface area contributed by atoms with Gasteiger partial charge in [-0.25, -0.2) is 0 Å². The van der Waals surface area contributed by atoms with Gasteiger partial charge >= 0.3 is 0 Å². The molecule has 0 amide bonds. The topological polar surface area (TPSA) is 12.5 Å². The monoisotopic (exact) mass is 327 g/mol. The van der Waals surface area contributed by atoms with E-state index in [9.17, 15) is 0 Å². The van der Waals surface area contributed by atoms with Gasteiger partial charge in [0.2, 0.25) is 0 Å². The lowest BCUT2D eigenvalue weighted by atomic mass is 10.0. The molecule has 19 heavy (non-hydrogen) atoms. The van der Waals surface area contributed by atoms with Gasteiger partial charge in [-0.3, -0.25) is 4.90 Å². The predicted molar refractivity (Wildman–Crippen MR) is 86.1 cm³/mol. The molecule has 0 heterocycles. The van der Waals surface area contributed by atoms with E-state index in [0.29, 0.717) is 6.04 Å². The third-order valence-corrected chi connectivity index (χ3v) is 3.68. The van der Waals surface area contributed by atoms with E-state index in [4.69, 9.17) is 4.74 Å². The minimum atomic E-state index is 0.535. The molecule has 0 N–H and O–H groups in total. The summed E-state index contributed by atoms with van der Waals surface area (Å²) < 4.78 is 5.57. The molecule has 3 heteroatoms. The number of hydrogen-bond acceptors (Lipinski definition) is 2. The lowest BCUT2D eigenvalue weighted by Crippen LogP contribution is -2.33. The lowest BCUT2D eigenvalue weighted by Gasteiger charge is -2.27. The maximum absolute atomic E-state index is 5.57. The van der Waals surface area contributed by atoms with Crippen LogP contribution in [0.5, 0.6) is 0 Å². The summed E-state index contributed by atoms with van der Waals surface area (Å²) in [5.74, 6) is 0. The molecule has 0 atom stereocenters. The zero-order valence-corrected chi connectivity index (χ0v) is 14.2. The quantitative estimate of drug-likeness (QED) is 0.530. The maximum Gasteiger partial charge on any atom is 0.0594 e. The van der Waals surface area contributed by atoms with Gasteiger partial charge in [-0.1, -0.05) is 39.7 Å². The Hall–Kier alpha value is -0.380. The molecule has 0 aliphatic rings. The van der Waals surface area contributed by atoms with Crippen molar-refractivity contribution < 1.29 is 4.74 Å². The van der Waals surface area contributed by atoms with Crippen LogP contribution in [0.3, 0.4) is 0 Å². The molecule has 0 unspecified atom stereocenters. The second-order valence-corrected chi connectivity index (χ2v) is 6.09. The smallest absolute Gasteiger partial charge is 0.0594 e. The molecule has 1 aromatic rings. The van der Waals surface area contributed by atoms with Crippen LogP contribution in [0, 0.1) is 13.8 Å². The van der Waals surface area contributed by atoms with Crippen molar-refractivity contribution in [1.29, 1.82) is 0 Å². The molecule has 0 radical (unpaired) electrons. The summed E-state index contributed by atoms with van der Waals surface area (Å²) in [5, 5.41) is 0.908. The van der Waals surface area contributed by atoms with Gasteiger partial charge in [0.1, 0.15) is 0 Å². The van der Waals surface area contributed by atoms with Crippen molar-refractivity contribution in [2.75, 3.05) is 25.1 Å². The normalized spacial score (nSPS) is 11.5. The Kier molecular flexibility index (Phi) is 7.66. The van der Waals surface area contributed by atoms with Crippen LogP contribution in [0.4, 0.5) is 0 Å². The van der Waals surface area contributed by atoms with Gasteiger partial charge in [0.25, 0.3) is 0 Å². The molecule has 0 aliphatic carbocycles. The summed E-state index contributed by atoms with van der Waals surface area (Å²) in [6, 6.07) is 7.22. The van der Waals surface area contributed by atoms with Gasteiger partial charge in [-0.15, -0.1) is 0 Å². The van der Waals surface area contributed by atoms with Crippen LogP contribution >= 0.6 is 15.9 Å². The molecule has 2 nitrogen and oxygen atoms in total. The average Bonchev–Trinajstić information content (AvgIpc) is 2.37. The van der Waals surface area contributed by atoms with Gasteiger partial charge in [0, 0.05) is 24.5 Å². The SMILES string of the molecule is Cc1ccc(C)c(CN(CCOCCBr)C(C)C)c1. The number of halogens is 1. The van der Waals surface area contributed by atoms with Gasteiger partial charge in [-0.2, -0.15) is 0 Å². The fourth-order valence-corrected chi connectivity index (χ4v) is 2.28. The van der Waals surface area contributed by atoms with Crippen molar-refractivity contribution in [3.63, 3.8) is 0 Å². The highest BCUT2D eigenvalue weighted by Gasteiger charge is 2.11. The zero-order valence-electron chi connectivity index (χ0n) is 12.6. The number of benzene rings is 1. The molecule has 0 aromatic heterocycles. The van der Waals surface area contributed by atoms with Crippen LogP contribution in [0.15, 0.2) is 18.2 Å². The van der Waals surface area contributed by atoms with Crippen LogP contribution in [0.25, 0.3) is 0 Å². The molecular formula is C16H26BrNO. The van der Waals surface area contributed by atoms with E-state index < -0.39 is 0 Å². The number of nitrogens with zero attached hydrogens (tertiary/aromatic N) is 1. The minimum absolute atomic E-state index is 0.535. The van der Waals surface area contributed by atoms with Gasteiger partial charge in [-0.05, 0) is 38.8 Å². The average molecular weight is 328 g/mol. The molecule has 0 saturated carbocycles. The van der Waals surface area contributed by atoms with Crippen LogP contribution in [-0.2, 0) is 11.3 Å². The molecule has 1 rings (SSSR count). The number of alkyl halides is 1. The van der Waals surface area contributed by atoms with Gasteiger partial charge in [0.05, 0.1) is 13.2 Å². The summed E-state index contributed by atoms with van der Waals surface area (Å²) in [6.07, 6.45) is 0. The number of rotatable bonds is 8. The molecule has 108 valence electrons. The third-order valence-electron chi connectivity index (χ3n) is 3.35. The van der Waals surface area contributed by atoms with E-state index in [1.807, 2.05) is 0 Å². The van der Waals surface area contributed by atoms with E-state index in [1.165, 1.54) is 16.7 Å². The largest absolute Gasteiger partial charge is 0.379 e. The fourth-order valence-electron chi connectivity index (χ4n) is 2.05. The highest BCUT2D eigenvalue weighted by molar-refractivity contribution is 9.09. The van der Waals surface area contributed by atoms with Crippen LogP contribution < -0.4 is 0 Å². The third kappa shape index (κ3) is 6.07. The second kappa shape index (κ2) is 8.72. The van der Waals surface area contributed by atoms with Crippen molar-refractivity contribution in [2.24, 2.45) is 0 Å². The van der Waals surface area contributed by atoms with Crippen molar-refractivity contribution in [3.05, 3.63) is 34.9 Å². The maximum atomic E-state index is 5.57. The highest BCUT2D eigenvalue weighted by Crippen LogP contribution is 2.14. The Morgan fingerprint density at radius 2 is 1.95 bits per heavy atom. The molecule has 0 spiro atoms. The van der Waals surface area contributed by atoms with Crippen molar-refractivity contribution in [1.82, 2.24) is 4.90 Å². The lowest BCUT2D eigenvalue weighted by molar-refractivity contribution is 0.0990. The van der Waals surface area contributed by atoms with Crippen molar-refractivity contribution >= 4 is 15.9 Å². The second-order valence-electron chi connectivity index (χ2n) is 5.30. The molecule has 1 aromatic carbocycles. The Bertz CT molecular complexity index is 379. The van der Waals surface area contributed by atoms with E-state index >= 15 is 0 Å². The standard InChI is InChI=1S/C16H26BrNO/c1-13(2)18(8-10-19-9-7-17)12-16-11-14(3)5-6-15(16)4/h5-6,11,13H,7-10,12H2,1-4H3. The number of hydrogen-bond donors (Lipinski definition) is 0. The van der Waals surface area contributed by atoms with E-state index in [0.717, 1.165) is 31.6 Å². The Morgan fingerprint density at radius 1 is 1.21 bits per heavy atom.